The van der Waals surface area contributed by atoms with E-state index in [4.69, 9.17) is 9.84 Å². The summed E-state index contributed by atoms with van der Waals surface area (Å²) in [7, 11) is -0.165. The molecule has 0 aliphatic heterocycles. The van der Waals surface area contributed by atoms with E-state index in [0.29, 0.717) is 6.42 Å². The van der Waals surface area contributed by atoms with Crippen LogP contribution in [0.25, 0.3) is 0 Å². The number of carboxylic acid groups (broad SMARTS) is 1. The Bertz CT molecular complexity index is 273. The number of ether oxygens (including phenoxy) is 1. The third kappa shape index (κ3) is 8.85. The molecule has 0 bridgehead atoms. The van der Waals surface area contributed by atoms with Gasteiger partial charge in [-0.25, -0.2) is 9.59 Å². The van der Waals surface area contributed by atoms with Crippen molar-refractivity contribution in [3.05, 3.63) is 0 Å². The highest BCUT2D eigenvalue weighted by atomic mass is 32.2. The number of thiol groups is 1. The molecule has 2 N–H and O–H groups in total. The molecule has 1 unspecified atom stereocenters. The highest BCUT2D eigenvalue weighted by Crippen LogP contribution is 2.16. The van der Waals surface area contributed by atoms with Crippen LogP contribution in [-0.4, -0.2) is 47.1 Å². The van der Waals surface area contributed by atoms with Crippen LogP contribution in [0.4, 0.5) is 4.79 Å². The first kappa shape index (κ1) is 16.1. The van der Waals surface area contributed by atoms with Crippen molar-refractivity contribution in [2.24, 2.45) is 0 Å². The molecule has 0 rings (SSSR count). The molecule has 0 aromatic rings. The second-order valence-electron chi connectivity index (χ2n) is 5.13. The lowest BCUT2D eigenvalue weighted by Crippen LogP contribution is -2.43. The summed E-state index contributed by atoms with van der Waals surface area (Å²) in [5.74, 6) is -0.213. The van der Waals surface area contributed by atoms with Gasteiger partial charge in [0.2, 0.25) is 0 Å². The molecule has 6 heteroatoms. The largest absolute Gasteiger partial charge is 0.480 e. The average Bonchev–Trinajstić information content (AvgIpc) is 2.08. The van der Waals surface area contributed by atoms with Gasteiger partial charge < -0.3 is 15.2 Å². The van der Waals surface area contributed by atoms with Crippen LogP contribution in [-0.2, 0) is 9.53 Å². The predicted octanol–water partition coefficient (Wildman–Crippen LogP) is 1.62. The zero-order valence-electron chi connectivity index (χ0n) is 11.1. The fourth-order valence-corrected chi connectivity index (χ4v) is 1.87. The van der Waals surface area contributed by atoms with Gasteiger partial charge in [-0.05, 0) is 45.5 Å². The Balaban J connectivity index is 4.26. The maximum atomic E-state index is 11.4. The number of aliphatic carboxylic acids is 1. The summed E-state index contributed by atoms with van der Waals surface area (Å²) in [4.78, 5) is 22.4. The molecular weight excluding hydrogens is 242 g/mol. The second kappa shape index (κ2) is 6.74. The minimum Gasteiger partial charge on any atom is -0.480 e. The number of amides is 1. The van der Waals surface area contributed by atoms with E-state index >= 15 is 0 Å². The van der Waals surface area contributed by atoms with Gasteiger partial charge in [-0.15, -0.1) is 0 Å². The Hall–Kier alpha value is -0.910. The molecule has 5 nitrogen and oxygen atoms in total. The third-order valence-corrected chi connectivity index (χ3v) is 3.01. The summed E-state index contributed by atoms with van der Waals surface area (Å²) in [5.41, 5.74) is -0.616. The maximum absolute atomic E-state index is 11.4. The molecule has 0 aliphatic carbocycles. The van der Waals surface area contributed by atoms with Crippen LogP contribution in [0.1, 0.15) is 27.2 Å². The molecular formula is C11H23NO4S. The fraction of sp³-hybridized carbons (Fsp3) is 0.818. The van der Waals surface area contributed by atoms with Crippen LogP contribution in [0.2, 0.25) is 0 Å². The third-order valence-electron chi connectivity index (χ3n) is 1.85. The van der Waals surface area contributed by atoms with E-state index in [-0.39, 0.29) is 10.9 Å². The molecule has 0 aromatic heterocycles. The Morgan fingerprint density at radius 2 is 1.88 bits per heavy atom. The smallest absolute Gasteiger partial charge is 0.408 e. The lowest BCUT2D eigenvalue weighted by molar-refractivity contribution is -0.139. The lowest BCUT2D eigenvalue weighted by atomic mass is 10.2. The molecule has 0 aromatic carbocycles. The molecule has 1 amide bonds. The number of carbonyl (C=O) groups is 2. The van der Waals surface area contributed by atoms with E-state index in [2.05, 4.69) is 17.8 Å². The van der Waals surface area contributed by atoms with Crippen molar-refractivity contribution in [3.8, 4) is 0 Å². The number of carboxylic acids is 1. The van der Waals surface area contributed by atoms with Crippen molar-refractivity contribution >= 4 is 23.0 Å². The molecule has 0 fully saturated rings. The summed E-state index contributed by atoms with van der Waals surface area (Å²) in [6.45, 7) is 5.21. The monoisotopic (exact) mass is 265 g/mol. The van der Waals surface area contributed by atoms with Crippen LogP contribution in [0.15, 0.2) is 0 Å². The maximum Gasteiger partial charge on any atom is 0.408 e. The Labute approximate surface area is 105 Å². The van der Waals surface area contributed by atoms with Gasteiger partial charge in [0.15, 0.2) is 0 Å². The van der Waals surface area contributed by atoms with Gasteiger partial charge in [-0.1, -0.05) is 0 Å². The van der Waals surface area contributed by atoms with E-state index in [1.165, 1.54) is 0 Å². The minimum absolute atomic E-state index is 0.165. The molecule has 0 radical (unpaired) electrons. The van der Waals surface area contributed by atoms with E-state index in [1.54, 1.807) is 20.8 Å². The Morgan fingerprint density at radius 1 is 1.35 bits per heavy atom. The molecule has 0 saturated heterocycles. The van der Waals surface area contributed by atoms with Crippen LogP contribution < -0.4 is 5.32 Å². The fourth-order valence-electron chi connectivity index (χ4n) is 1.09. The van der Waals surface area contributed by atoms with E-state index in [9.17, 15) is 9.59 Å². The topological polar surface area (TPSA) is 75.6 Å². The van der Waals surface area contributed by atoms with Gasteiger partial charge in [-0.3, -0.25) is 10.9 Å². The zero-order valence-corrected chi connectivity index (χ0v) is 12.0. The van der Waals surface area contributed by atoms with Crippen molar-refractivity contribution in [1.82, 2.24) is 5.32 Å². The van der Waals surface area contributed by atoms with Gasteiger partial charge in [0.25, 0.3) is 0 Å². The van der Waals surface area contributed by atoms with Crippen molar-refractivity contribution in [1.29, 1.82) is 0 Å². The second-order valence-corrected chi connectivity index (χ2v) is 7.74. The van der Waals surface area contributed by atoms with Gasteiger partial charge in [0.05, 0.1) is 0 Å². The Morgan fingerprint density at radius 3 is 2.24 bits per heavy atom. The normalized spacial score (nSPS) is 13.8. The molecule has 0 spiro atoms. The van der Waals surface area contributed by atoms with E-state index in [0.717, 1.165) is 5.75 Å². The van der Waals surface area contributed by atoms with E-state index < -0.39 is 23.7 Å². The zero-order chi connectivity index (χ0) is 13.6. The van der Waals surface area contributed by atoms with Gasteiger partial charge in [-0.2, -0.15) is 0 Å². The average molecular weight is 265 g/mol. The highest BCUT2D eigenvalue weighted by Gasteiger charge is 2.23. The first-order chi connectivity index (χ1) is 7.61. The molecule has 0 aliphatic rings. The number of hydrogen-bond donors (Lipinski definition) is 3. The standard InChI is InChI=1S/C11H23NO4S/c1-11(2,3)16-10(15)12-8(9(13)14)6-7-17(4)5/h8,17H,6-7H2,1-5H3,(H,12,15)(H,13,14). The number of alkyl carbamates (subject to hydrolysis) is 1. The minimum atomic E-state index is -1.02. The van der Waals surface area contributed by atoms with Crippen LogP contribution >= 0.6 is 10.9 Å². The summed E-state index contributed by atoms with van der Waals surface area (Å²) < 4.78 is 5.02. The van der Waals surface area contributed by atoms with Crippen molar-refractivity contribution in [2.45, 2.75) is 38.8 Å². The van der Waals surface area contributed by atoms with Gasteiger partial charge >= 0.3 is 12.1 Å². The first-order valence-electron chi connectivity index (χ1n) is 5.49. The quantitative estimate of drug-likeness (QED) is 0.660. The first-order valence-corrected chi connectivity index (χ1v) is 7.91. The number of rotatable bonds is 5. The Kier molecular flexibility index (Phi) is 6.37. The summed E-state index contributed by atoms with van der Waals surface area (Å²) >= 11 is 0. The summed E-state index contributed by atoms with van der Waals surface area (Å²) in [6, 6.07) is -0.866. The van der Waals surface area contributed by atoms with Crippen molar-refractivity contribution < 1.29 is 19.4 Å². The summed E-state index contributed by atoms with van der Waals surface area (Å²) in [6.07, 6.45) is 3.90. The number of hydrogen-bond acceptors (Lipinski definition) is 3. The molecule has 0 heterocycles. The SMILES string of the molecule is C[SH](C)CCC(NC(=O)OC(C)(C)C)C(=O)O. The van der Waals surface area contributed by atoms with Crippen LogP contribution in [0.3, 0.4) is 0 Å². The van der Waals surface area contributed by atoms with E-state index in [1.807, 2.05) is 0 Å². The molecule has 0 saturated carbocycles. The van der Waals surface area contributed by atoms with Gasteiger partial charge in [0, 0.05) is 0 Å². The van der Waals surface area contributed by atoms with Crippen molar-refractivity contribution in [3.63, 3.8) is 0 Å². The predicted molar refractivity (Wildman–Crippen MR) is 71.1 cm³/mol. The highest BCUT2D eigenvalue weighted by molar-refractivity contribution is 8.15. The number of carbonyl (C=O) groups excluding carboxylic acids is 1. The number of nitrogens with one attached hydrogen (secondary N) is 1. The van der Waals surface area contributed by atoms with Crippen LogP contribution in [0.5, 0.6) is 0 Å². The lowest BCUT2D eigenvalue weighted by Gasteiger charge is -2.22. The molecule has 102 valence electrons. The van der Waals surface area contributed by atoms with Crippen molar-refractivity contribution in [2.75, 3.05) is 18.3 Å². The van der Waals surface area contributed by atoms with Gasteiger partial charge in [0.1, 0.15) is 11.6 Å². The molecule has 17 heavy (non-hydrogen) atoms. The van der Waals surface area contributed by atoms with Crippen LogP contribution in [0, 0.1) is 0 Å². The summed E-state index contributed by atoms with van der Waals surface area (Å²) in [5, 5.41) is 11.3. The molecule has 1 atom stereocenters.